The molecule has 78 valence electrons. The fourth-order valence-electron chi connectivity index (χ4n) is 1.25. The standard InChI is InChI=1S/C10H13BrFNO/c1-10(2,13)7-4-6(12)5-8(11)9(7)14-3/h4-5H,13H2,1-3H3. The third kappa shape index (κ3) is 2.25. The van der Waals surface area contributed by atoms with E-state index in [0.29, 0.717) is 15.8 Å². The summed E-state index contributed by atoms with van der Waals surface area (Å²) in [6.07, 6.45) is 0. The number of methoxy groups -OCH3 is 1. The third-order valence-corrected chi connectivity index (χ3v) is 2.50. The summed E-state index contributed by atoms with van der Waals surface area (Å²) in [6, 6.07) is 2.75. The average Bonchev–Trinajstić information content (AvgIpc) is 2.01. The topological polar surface area (TPSA) is 35.2 Å². The van der Waals surface area contributed by atoms with Crippen molar-refractivity contribution in [1.29, 1.82) is 0 Å². The van der Waals surface area contributed by atoms with Crippen molar-refractivity contribution in [3.05, 3.63) is 28.0 Å². The largest absolute Gasteiger partial charge is 0.495 e. The number of nitrogens with two attached hydrogens (primary N) is 1. The van der Waals surface area contributed by atoms with Gasteiger partial charge in [0, 0.05) is 11.1 Å². The molecule has 0 fully saturated rings. The number of benzene rings is 1. The SMILES string of the molecule is COc1c(Br)cc(F)cc1C(C)(C)N. The first-order valence-electron chi connectivity index (χ1n) is 4.18. The molecule has 0 atom stereocenters. The van der Waals surface area contributed by atoms with Crippen LogP contribution in [-0.4, -0.2) is 7.11 Å². The highest BCUT2D eigenvalue weighted by molar-refractivity contribution is 9.10. The van der Waals surface area contributed by atoms with Gasteiger partial charge in [-0.2, -0.15) is 0 Å². The maximum Gasteiger partial charge on any atom is 0.138 e. The molecule has 2 N–H and O–H groups in total. The molecule has 0 aliphatic carbocycles. The number of halogens is 2. The van der Waals surface area contributed by atoms with Gasteiger partial charge in [-0.15, -0.1) is 0 Å². The van der Waals surface area contributed by atoms with Gasteiger partial charge in [0.25, 0.3) is 0 Å². The van der Waals surface area contributed by atoms with Gasteiger partial charge in [-0.05, 0) is 41.9 Å². The van der Waals surface area contributed by atoms with Gasteiger partial charge in [0.15, 0.2) is 0 Å². The molecule has 0 aliphatic rings. The van der Waals surface area contributed by atoms with Gasteiger partial charge >= 0.3 is 0 Å². The molecular weight excluding hydrogens is 249 g/mol. The predicted molar refractivity (Wildman–Crippen MR) is 57.9 cm³/mol. The summed E-state index contributed by atoms with van der Waals surface area (Å²) in [5.74, 6) is 0.255. The molecule has 0 bridgehead atoms. The van der Waals surface area contributed by atoms with Crippen LogP contribution in [0.3, 0.4) is 0 Å². The molecule has 0 spiro atoms. The fraction of sp³-hybridized carbons (Fsp3) is 0.400. The highest BCUT2D eigenvalue weighted by Crippen LogP contribution is 2.35. The van der Waals surface area contributed by atoms with E-state index in [1.807, 2.05) is 0 Å². The van der Waals surface area contributed by atoms with Crippen molar-refractivity contribution in [2.45, 2.75) is 19.4 Å². The third-order valence-electron chi connectivity index (χ3n) is 1.91. The van der Waals surface area contributed by atoms with E-state index in [2.05, 4.69) is 15.9 Å². The van der Waals surface area contributed by atoms with E-state index in [1.54, 1.807) is 13.8 Å². The zero-order chi connectivity index (χ0) is 10.9. The Hall–Kier alpha value is -0.610. The van der Waals surface area contributed by atoms with Crippen molar-refractivity contribution in [1.82, 2.24) is 0 Å². The quantitative estimate of drug-likeness (QED) is 0.889. The molecule has 1 aromatic rings. The highest BCUT2D eigenvalue weighted by Gasteiger charge is 2.22. The second-order valence-electron chi connectivity index (χ2n) is 3.69. The van der Waals surface area contributed by atoms with Crippen LogP contribution in [0.5, 0.6) is 5.75 Å². The molecule has 0 heterocycles. The fourth-order valence-corrected chi connectivity index (χ4v) is 1.84. The minimum absolute atomic E-state index is 0.328. The van der Waals surface area contributed by atoms with Crippen LogP contribution in [0, 0.1) is 5.82 Å². The Morgan fingerprint density at radius 3 is 2.43 bits per heavy atom. The molecule has 0 radical (unpaired) electrons. The van der Waals surface area contributed by atoms with E-state index >= 15 is 0 Å². The van der Waals surface area contributed by atoms with Gasteiger partial charge in [0.1, 0.15) is 11.6 Å². The second-order valence-corrected chi connectivity index (χ2v) is 4.54. The van der Waals surface area contributed by atoms with Crippen LogP contribution in [0.15, 0.2) is 16.6 Å². The van der Waals surface area contributed by atoms with Gasteiger partial charge in [-0.25, -0.2) is 4.39 Å². The maximum absolute atomic E-state index is 13.1. The number of hydrogen-bond donors (Lipinski definition) is 1. The first kappa shape index (κ1) is 11.5. The van der Waals surface area contributed by atoms with Crippen LogP contribution in [-0.2, 0) is 5.54 Å². The molecule has 0 saturated heterocycles. The van der Waals surface area contributed by atoms with Gasteiger partial charge in [-0.1, -0.05) is 0 Å². The van der Waals surface area contributed by atoms with Gasteiger partial charge in [-0.3, -0.25) is 0 Å². The van der Waals surface area contributed by atoms with Crippen LogP contribution in [0.25, 0.3) is 0 Å². The first-order valence-corrected chi connectivity index (χ1v) is 4.98. The van der Waals surface area contributed by atoms with Crippen LogP contribution < -0.4 is 10.5 Å². The Morgan fingerprint density at radius 2 is 2.00 bits per heavy atom. The van der Waals surface area contributed by atoms with Crippen molar-refractivity contribution < 1.29 is 9.13 Å². The normalized spacial score (nSPS) is 11.6. The molecule has 1 rings (SSSR count). The number of rotatable bonds is 2. The van der Waals surface area contributed by atoms with E-state index in [4.69, 9.17) is 10.5 Å². The molecule has 0 amide bonds. The average molecular weight is 262 g/mol. The smallest absolute Gasteiger partial charge is 0.138 e. The Labute approximate surface area is 91.4 Å². The maximum atomic E-state index is 13.1. The monoisotopic (exact) mass is 261 g/mol. The van der Waals surface area contributed by atoms with Crippen molar-refractivity contribution in [2.24, 2.45) is 5.73 Å². The number of ether oxygens (including phenoxy) is 1. The van der Waals surface area contributed by atoms with Gasteiger partial charge in [0.05, 0.1) is 11.6 Å². The van der Waals surface area contributed by atoms with E-state index in [-0.39, 0.29) is 5.82 Å². The molecule has 0 saturated carbocycles. The number of hydrogen-bond acceptors (Lipinski definition) is 2. The molecule has 14 heavy (non-hydrogen) atoms. The van der Waals surface area contributed by atoms with Crippen LogP contribution in [0.4, 0.5) is 4.39 Å². The summed E-state index contributed by atoms with van der Waals surface area (Å²) in [4.78, 5) is 0. The summed E-state index contributed by atoms with van der Waals surface area (Å²) < 4.78 is 18.9. The Bertz CT molecular complexity index is 347. The zero-order valence-electron chi connectivity index (χ0n) is 8.40. The van der Waals surface area contributed by atoms with Crippen molar-refractivity contribution >= 4 is 15.9 Å². The van der Waals surface area contributed by atoms with Gasteiger partial charge in [0.2, 0.25) is 0 Å². The lowest BCUT2D eigenvalue weighted by Crippen LogP contribution is -2.29. The molecule has 0 unspecified atom stereocenters. The summed E-state index contributed by atoms with van der Waals surface area (Å²) in [5.41, 5.74) is 5.92. The first-order chi connectivity index (χ1) is 6.36. The van der Waals surface area contributed by atoms with Crippen LogP contribution in [0.2, 0.25) is 0 Å². The van der Waals surface area contributed by atoms with Crippen LogP contribution in [0.1, 0.15) is 19.4 Å². The lowest BCUT2D eigenvalue weighted by molar-refractivity contribution is 0.389. The molecule has 0 aromatic heterocycles. The summed E-state index contributed by atoms with van der Waals surface area (Å²) in [5, 5.41) is 0. The van der Waals surface area contributed by atoms with Gasteiger partial charge < -0.3 is 10.5 Å². The molecule has 2 nitrogen and oxygen atoms in total. The molecular formula is C10H13BrFNO. The minimum atomic E-state index is -0.629. The van der Waals surface area contributed by atoms with E-state index < -0.39 is 5.54 Å². The zero-order valence-corrected chi connectivity index (χ0v) is 9.98. The lowest BCUT2D eigenvalue weighted by atomic mass is 9.94. The minimum Gasteiger partial charge on any atom is -0.495 e. The van der Waals surface area contributed by atoms with Crippen molar-refractivity contribution in [3.8, 4) is 5.75 Å². The molecule has 4 heteroatoms. The lowest BCUT2D eigenvalue weighted by Gasteiger charge is -2.22. The second kappa shape index (κ2) is 3.87. The van der Waals surface area contributed by atoms with E-state index in [1.165, 1.54) is 19.2 Å². The highest BCUT2D eigenvalue weighted by atomic mass is 79.9. The summed E-state index contributed by atoms with van der Waals surface area (Å²) >= 11 is 3.23. The Morgan fingerprint density at radius 1 is 1.43 bits per heavy atom. The van der Waals surface area contributed by atoms with E-state index in [0.717, 1.165) is 0 Å². The van der Waals surface area contributed by atoms with E-state index in [9.17, 15) is 4.39 Å². The Balaban J connectivity index is 3.40. The molecule has 1 aromatic carbocycles. The van der Waals surface area contributed by atoms with Crippen molar-refractivity contribution in [2.75, 3.05) is 7.11 Å². The van der Waals surface area contributed by atoms with Crippen molar-refractivity contribution in [3.63, 3.8) is 0 Å². The molecule has 0 aliphatic heterocycles. The van der Waals surface area contributed by atoms with Crippen LogP contribution >= 0.6 is 15.9 Å². The summed E-state index contributed by atoms with van der Waals surface area (Å²) in [7, 11) is 1.53. The Kier molecular flexibility index (Phi) is 3.17. The predicted octanol–water partition coefficient (Wildman–Crippen LogP) is 2.79. The summed E-state index contributed by atoms with van der Waals surface area (Å²) in [6.45, 7) is 3.60.